The highest BCUT2D eigenvalue weighted by atomic mass is 16.3. The number of carbonyl (C=O) groups is 1. The molecule has 0 radical (unpaired) electrons. The Bertz CT molecular complexity index is 639. The van der Waals surface area contributed by atoms with Gasteiger partial charge in [0.1, 0.15) is 0 Å². The molecular formula is C14H18N4O3. The minimum Gasteiger partial charge on any atom is -0.504 e. The summed E-state index contributed by atoms with van der Waals surface area (Å²) in [5.74, 6) is -0.718. The molecule has 0 aliphatic carbocycles. The maximum absolute atomic E-state index is 11.9. The van der Waals surface area contributed by atoms with E-state index in [1.807, 2.05) is 6.92 Å². The highest BCUT2D eigenvalue weighted by Gasteiger charge is 2.15. The number of nitrogens with two attached hydrogens (primary N) is 1. The summed E-state index contributed by atoms with van der Waals surface area (Å²) in [7, 11) is 0. The first kappa shape index (κ1) is 14.9. The number of carbonyl (C=O) groups excluding carboxylic acids is 1. The van der Waals surface area contributed by atoms with E-state index in [1.165, 1.54) is 12.1 Å². The molecular weight excluding hydrogens is 272 g/mol. The van der Waals surface area contributed by atoms with E-state index in [1.54, 1.807) is 12.3 Å². The zero-order chi connectivity index (χ0) is 15.4. The summed E-state index contributed by atoms with van der Waals surface area (Å²) < 4.78 is 0. The highest BCUT2D eigenvalue weighted by Crippen LogP contribution is 2.25. The Hall–Kier alpha value is -2.54. The number of rotatable bonds is 5. The Kier molecular flexibility index (Phi) is 4.44. The van der Waals surface area contributed by atoms with E-state index < -0.39 is 6.04 Å². The lowest BCUT2D eigenvalue weighted by atomic mass is 10.1. The fourth-order valence-corrected chi connectivity index (χ4v) is 1.91. The Balaban J connectivity index is 1.90. The maximum atomic E-state index is 11.9. The number of phenolic OH excluding ortho intramolecular Hbond substituents is 2. The number of benzene rings is 1. The lowest BCUT2D eigenvalue weighted by Gasteiger charge is -2.12. The van der Waals surface area contributed by atoms with Crippen LogP contribution < -0.4 is 11.1 Å². The van der Waals surface area contributed by atoms with Gasteiger partial charge in [-0.15, -0.1) is 0 Å². The van der Waals surface area contributed by atoms with Crippen molar-refractivity contribution in [2.24, 2.45) is 5.73 Å². The second kappa shape index (κ2) is 6.27. The lowest BCUT2D eigenvalue weighted by Crippen LogP contribution is -2.41. The van der Waals surface area contributed by atoms with E-state index in [4.69, 9.17) is 5.73 Å². The average Bonchev–Trinajstić information content (AvgIpc) is 2.85. The first-order valence-corrected chi connectivity index (χ1v) is 6.50. The third-order valence-corrected chi connectivity index (χ3v) is 3.22. The number of H-pyrrole nitrogens is 1. The van der Waals surface area contributed by atoms with Crippen molar-refractivity contribution in [3.05, 3.63) is 41.2 Å². The highest BCUT2D eigenvalue weighted by molar-refractivity contribution is 5.81. The Labute approximate surface area is 121 Å². The third kappa shape index (κ3) is 3.73. The summed E-state index contributed by atoms with van der Waals surface area (Å²) >= 11 is 0. The van der Waals surface area contributed by atoms with Crippen LogP contribution in [0.1, 0.15) is 16.8 Å². The molecule has 1 amide bonds. The average molecular weight is 290 g/mol. The van der Waals surface area contributed by atoms with Gasteiger partial charge in [0.25, 0.3) is 0 Å². The van der Waals surface area contributed by atoms with Crippen molar-refractivity contribution < 1.29 is 15.0 Å². The largest absolute Gasteiger partial charge is 0.504 e. The quantitative estimate of drug-likeness (QED) is 0.507. The molecule has 2 aromatic rings. The number of amides is 1. The minimum absolute atomic E-state index is 0.202. The molecule has 0 aliphatic rings. The molecule has 0 spiro atoms. The van der Waals surface area contributed by atoms with E-state index in [9.17, 15) is 15.0 Å². The number of aromatic nitrogens is 2. The van der Waals surface area contributed by atoms with Gasteiger partial charge in [-0.3, -0.25) is 9.89 Å². The van der Waals surface area contributed by atoms with Crippen LogP contribution in [0.25, 0.3) is 0 Å². The van der Waals surface area contributed by atoms with Crippen LogP contribution in [0.5, 0.6) is 11.5 Å². The van der Waals surface area contributed by atoms with Crippen LogP contribution >= 0.6 is 0 Å². The van der Waals surface area contributed by atoms with Crippen LogP contribution in [0.15, 0.2) is 24.4 Å². The summed E-state index contributed by atoms with van der Waals surface area (Å²) in [6.07, 6.45) is 1.92. The van der Waals surface area contributed by atoms with E-state index in [2.05, 4.69) is 15.5 Å². The van der Waals surface area contributed by atoms with Crippen molar-refractivity contribution in [1.29, 1.82) is 0 Å². The second-order valence-electron chi connectivity index (χ2n) is 4.87. The Morgan fingerprint density at radius 2 is 2.19 bits per heavy atom. The fourth-order valence-electron chi connectivity index (χ4n) is 1.91. The minimum atomic E-state index is -0.735. The first-order valence-electron chi connectivity index (χ1n) is 6.50. The summed E-state index contributed by atoms with van der Waals surface area (Å²) in [5.41, 5.74) is 8.31. The monoisotopic (exact) mass is 290 g/mol. The van der Waals surface area contributed by atoms with Crippen molar-refractivity contribution in [2.45, 2.75) is 25.9 Å². The van der Waals surface area contributed by atoms with Crippen molar-refractivity contribution in [3.8, 4) is 11.5 Å². The summed E-state index contributed by atoms with van der Waals surface area (Å²) in [5, 5.41) is 28.0. The Morgan fingerprint density at radius 3 is 2.81 bits per heavy atom. The molecule has 7 nitrogen and oxygen atoms in total. The normalized spacial score (nSPS) is 12.1. The van der Waals surface area contributed by atoms with Crippen LogP contribution in [-0.2, 0) is 17.8 Å². The fraction of sp³-hybridized carbons (Fsp3) is 0.286. The summed E-state index contributed by atoms with van der Waals surface area (Å²) in [6, 6.07) is 3.64. The number of phenols is 2. The molecule has 21 heavy (non-hydrogen) atoms. The van der Waals surface area contributed by atoms with Crippen LogP contribution in [0.2, 0.25) is 0 Å². The molecule has 2 rings (SSSR count). The SMILES string of the molecule is Cc1[nH]ncc1CNC(=O)[C@@H](N)Cc1ccc(O)c(O)c1. The standard InChI is InChI=1S/C14H18N4O3/c1-8-10(7-17-18-8)6-16-14(21)11(15)4-9-2-3-12(19)13(20)5-9/h2-3,5,7,11,19-20H,4,6,15H2,1H3,(H,16,21)(H,17,18)/t11-/m0/s1. The predicted octanol–water partition coefficient (Wildman–Crippen LogP) is 0.316. The number of nitrogens with one attached hydrogen (secondary N) is 2. The number of hydrogen-bond donors (Lipinski definition) is 5. The van der Waals surface area contributed by atoms with Crippen LogP contribution in [-0.4, -0.2) is 32.4 Å². The van der Waals surface area contributed by atoms with Crippen molar-refractivity contribution >= 4 is 5.91 Å². The number of hydrogen-bond acceptors (Lipinski definition) is 5. The van der Waals surface area contributed by atoms with Gasteiger partial charge in [0.2, 0.25) is 5.91 Å². The third-order valence-electron chi connectivity index (χ3n) is 3.22. The zero-order valence-electron chi connectivity index (χ0n) is 11.6. The summed E-state index contributed by atoms with van der Waals surface area (Å²) in [4.78, 5) is 11.9. The van der Waals surface area contributed by atoms with Gasteiger partial charge in [-0.2, -0.15) is 5.10 Å². The van der Waals surface area contributed by atoms with Gasteiger partial charge in [-0.05, 0) is 31.0 Å². The van der Waals surface area contributed by atoms with Crippen LogP contribution in [0, 0.1) is 6.92 Å². The van der Waals surface area contributed by atoms with Gasteiger partial charge in [-0.25, -0.2) is 0 Å². The Morgan fingerprint density at radius 1 is 1.43 bits per heavy atom. The molecule has 7 heteroatoms. The molecule has 1 aromatic carbocycles. The molecule has 0 aliphatic heterocycles. The molecule has 6 N–H and O–H groups in total. The number of aryl methyl sites for hydroxylation is 1. The molecule has 0 unspecified atom stereocenters. The van der Waals surface area contributed by atoms with Crippen LogP contribution in [0.4, 0.5) is 0 Å². The van der Waals surface area contributed by atoms with Gasteiger partial charge < -0.3 is 21.3 Å². The predicted molar refractivity (Wildman–Crippen MR) is 76.6 cm³/mol. The van der Waals surface area contributed by atoms with Gasteiger partial charge in [0, 0.05) is 17.8 Å². The van der Waals surface area contributed by atoms with E-state index in [0.717, 1.165) is 11.3 Å². The lowest BCUT2D eigenvalue weighted by molar-refractivity contribution is -0.122. The van der Waals surface area contributed by atoms with Crippen molar-refractivity contribution in [3.63, 3.8) is 0 Å². The summed E-state index contributed by atoms with van der Waals surface area (Å²) in [6.45, 7) is 2.23. The topological polar surface area (TPSA) is 124 Å². The molecule has 0 bridgehead atoms. The maximum Gasteiger partial charge on any atom is 0.237 e. The van der Waals surface area contributed by atoms with E-state index in [0.29, 0.717) is 12.1 Å². The molecule has 0 saturated carbocycles. The molecule has 1 heterocycles. The molecule has 1 atom stereocenters. The first-order chi connectivity index (χ1) is 9.97. The van der Waals surface area contributed by atoms with Crippen molar-refractivity contribution in [2.75, 3.05) is 0 Å². The van der Waals surface area contributed by atoms with Crippen LogP contribution in [0.3, 0.4) is 0 Å². The number of aromatic amines is 1. The molecule has 0 fully saturated rings. The second-order valence-corrected chi connectivity index (χ2v) is 4.87. The van der Waals surface area contributed by atoms with Gasteiger partial charge in [0.15, 0.2) is 11.5 Å². The molecule has 0 saturated heterocycles. The van der Waals surface area contributed by atoms with Crippen molar-refractivity contribution in [1.82, 2.24) is 15.5 Å². The number of aromatic hydroxyl groups is 2. The van der Waals surface area contributed by atoms with E-state index in [-0.39, 0.29) is 23.8 Å². The number of nitrogens with zero attached hydrogens (tertiary/aromatic N) is 1. The van der Waals surface area contributed by atoms with E-state index >= 15 is 0 Å². The zero-order valence-corrected chi connectivity index (χ0v) is 11.6. The molecule has 112 valence electrons. The van der Waals surface area contributed by atoms with Gasteiger partial charge in [-0.1, -0.05) is 6.07 Å². The molecule has 1 aromatic heterocycles. The van der Waals surface area contributed by atoms with Gasteiger partial charge in [0.05, 0.1) is 12.2 Å². The smallest absolute Gasteiger partial charge is 0.237 e. The van der Waals surface area contributed by atoms with Gasteiger partial charge >= 0.3 is 0 Å².